The summed E-state index contributed by atoms with van der Waals surface area (Å²) in [6, 6.07) is 1.82. The largest absolute Gasteiger partial charge is 0.374 e. The second-order valence-corrected chi connectivity index (χ2v) is 5.66. The number of nitrogen functional groups attached to an aromatic ring is 1. The summed E-state index contributed by atoms with van der Waals surface area (Å²) in [6.07, 6.45) is 3.71. The molecule has 0 bridgehead atoms. The van der Waals surface area contributed by atoms with Crippen molar-refractivity contribution in [2.24, 2.45) is 5.84 Å². The van der Waals surface area contributed by atoms with Crippen LogP contribution >= 0.6 is 0 Å². The van der Waals surface area contributed by atoms with Crippen molar-refractivity contribution < 1.29 is 4.74 Å². The second kappa shape index (κ2) is 7.02. The van der Waals surface area contributed by atoms with Crippen LogP contribution in [-0.2, 0) is 11.3 Å². The third kappa shape index (κ3) is 3.81. The van der Waals surface area contributed by atoms with E-state index in [4.69, 9.17) is 10.6 Å². The van der Waals surface area contributed by atoms with Crippen LogP contribution in [0.15, 0.2) is 6.07 Å². The highest BCUT2D eigenvalue weighted by Gasteiger charge is 2.38. The van der Waals surface area contributed by atoms with Crippen LogP contribution in [0, 0.1) is 0 Å². The monoisotopic (exact) mass is 294 g/mol. The first-order valence-electron chi connectivity index (χ1n) is 7.43. The smallest absolute Gasteiger partial charge is 0.158 e. The van der Waals surface area contributed by atoms with Gasteiger partial charge >= 0.3 is 0 Å². The molecule has 0 unspecified atom stereocenters. The van der Waals surface area contributed by atoms with Gasteiger partial charge < -0.3 is 20.4 Å². The van der Waals surface area contributed by atoms with Crippen molar-refractivity contribution in [3.8, 4) is 0 Å². The molecule has 0 radical (unpaired) electrons. The molecule has 1 aliphatic rings. The van der Waals surface area contributed by atoms with Crippen LogP contribution in [0.4, 0.5) is 11.6 Å². The molecule has 1 saturated carbocycles. The maximum absolute atomic E-state index is 5.47. The maximum Gasteiger partial charge on any atom is 0.158 e. The zero-order valence-corrected chi connectivity index (χ0v) is 13.1. The average molecular weight is 294 g/mol. The SMILES string of the molecule is CCOCc1nc(NN)cc(NCC2(N(C)C)CCC2)n1. The fraction of sp³-hybridized carbons (Fsp3) is 0.714. The lowest BCUT2D eigenvalue weighted by atomic mass is 9.75. The number of nitrogens with two attached hydrogens (primary N) is 1. The summed E-state index contributed by atoms with van der Waals surface area (Å²) < 4.78 is 5.36. The minimum atomic E-state index is 0.237. The molecular formula is C14H26N6O. The standard InChI is InChI=1S/C14H26N6O/c1-4-21-9-13-17-11(8-12(18-13)19-15)16-10-14(20(2)3)6-5-7-14/h8H,4-7,9-10,15H2,1-3H3,(H2,16,17,18,19). The van der Waals surface area contributed by atoms with Crippen molar-refractivity contribution in [1.29, 1.82) is 0 Å². The van der Waals surface area contributed by atoms with Crippen LogP contribution in [0.5, 0.6) is 0 Å². The molecule has 1 aromatic heterocycles. The van der Waals surface area contributed by atoms with Gasteiger partial charge in [-0.25, -0.2) is 15.8 Å². The quantitative estimate of drug-likeness (QED) is 0.490. The minimum Gasteiger partial charge on any atom is -0.374 e. The van der Waals surface area contributed by atoms with Crippen LogP contribution in [-0.4, -0.2) is 47.7 Å². The van der Waals surface area contributed by atoms with Gasteiger partial charge in [0.05, 0.1) is 0 Å². The Hall–Kier alpha value is -1.44. The molecule has 0 amide bonds. The number of ether oxygens (including phenoxy) is 1. The van der Waals surface area contributed by atoms with Crippen molar-refractivity contribution in [2.45, 2.75) is 38.3 Å². The fourth-order valence-electron chi connectivity index (χ4n) is 2.54. The molecule has 1 heterocycles. The fourth-order valence-corrected chi connectivity index (χ4v) is 2.54. The summed E-state index contributed by atoms with van der Waals surface area (Å²) in [5.41, 5.74) is 2.81. The van der Waals surface area contributed by atoms with E-state index in [1.165, 1.54) is 19.3 Å². The lowest BCUT2D eigenvalue weighted by Gasteiger charge is -2.47. The normalized spacial score (nSPS) is 16.6. The molecule has 7 heteroatoms. The Morgan fingerprint density at radius 1 is 1.33 bits per heavy atom. The van der Waals surface area contributed by atoms with E-state index in [1.807, 2.05) is 13.0 Å². The summed E-state index contributed by atoms with van der Waals surface area (Å²) in [4.78, 5) is 11.1. The van der Waals surface area contributed by atoms with Crippen LogP contribution in [0.2, 0.25) is 0 Å². The third-order valence-electron chi connectivity index (χ3n) is 4.19. The lowest BCUT2D eigenvalue weighted by molar-refractivity contribution is 0.0738. The molecule has 4 N–H and O–H groups in total. The van der Waals surface area contributed by atoms with Crippen molar-refractivity contribution in [2.75, 3.05) is 38.0 Å². The Morgan fingerprint density at radius 3 is 2.57 bits per heavy atom. The molecule has 0 spiro atoms. The molecule has 7 nitrogen and oxygen atoms in total. The lowest BCUT2D eigenvalue weighted by Crippen LogP contribution is -2.54. The van der Waals surface area contributed by atoms with Gasteiger partial charge in [-0.3, -0.25) is 0 Å². The van der Waals surface area contributed by atoms with E-state index in [-0.39, 0.29) is 5.54 Å². The highest BCUT2D eigenvalue weighted by atomic mass is 16.5. The first-order valence-corrected chi connectivity index (χ1v) is 7.43. The van der Waals surface area contributed by atoms with Crippen molar-refractivity contribution in [3.05, 3.63) is 11.9 Å². The van der Waals surface area contributed by atoms with Crippen molar-refractivity contribution in [1.82, 2.24) is 14.9 Å². The van der Waals surface area contributed by atoms with Gasteiger partial charge in [-0.1, -0.05) is 0 Å². The average Bonchev–Trinajstić information content (AvgIpc) is 2.43. The van der Waals surface area contributed by atoms with Gasteiger partial charge in [0.25, 0.3) is 0 Å². The zero-order valence-electron chi connectivity index (χ0n) is 13.1. The highest BCUT2D eigenvalue weighted by molar-refractivity contribution is 5.47. The Labute approximate surface area is 126 Å². The summed E-state index contributed by atoms with van der Waals surface area (Å²) in [5.74, 6) is 7.46. The number of hydrazine groups is 1. The van der Waals surface area contributed by atoms with Gasteiger partial charge in [0.2, 0.25) is 0 Å². The molecule has 0 aliphatic heterocycles. The molecule has 2 rings (SSSR count). The van der Waals surface area contributed by atoms with Gasteiger partial charge in [0, 0.05) is 24.8 Å². The molecule has 21 heavy (non-hydrogen) atoms. The molecule has 1 aromatic rings. The van der Waals surface area contributed by atoms with Crippen LogP contribution in [0.3, 0.4) is 0 Å². The number of nitrogens with one attached hydrogen (secondary N) is 2. The van der Waals surface area contributed by atoms with E-state index in [0.717, 1.165) is 12.4 Å². The predicted molar refractivity (Wildman–Crippen MR) is 83.9 cm³/mol. The van der Waals surface area contributed by atoms with Gasteiger partial charge in [0.1, 0.15) is 18.2 Å². The molecular weight excluding hydrogens is 268 g/mol. The summed E-state index contributed by atoms with van der Waals surface area (Å²) in [7, 11) is 4.27. The zero-order chi connectivity index (χ0) is 15.3. The van der Waals surface area contributed by atoms with Gasteiger partial charge in [-0.05, 0) is 40.3 Å². The van der Waals surface area contributed by atoms with Crippen molar-refractivity contribution in [3.63, 3.8) is 0 Å². The Kier molecular flexibility index (Phi) is 5.33. The maximum atomic E-state index is 5.47. The minimum absolute atomic E-state index is 0.237. The van der Waals surface area contributed by atoms with Crippen LogP contribution < -0.4 is 16.6 Å². The van der Waals surface area contributed by atoms with E-state index in [9.17, 15) is 0 Å². The molecule has 0 atom stereocenters. The van der Waals surface area contributed by atoms with Crippen LogP contribution in [0.1, 0.15) is 32.0 Å². The molecule has 0 saturated heterocycles. The van der Waals surface area contributed by atoms with E-state index in [0.29, 0.717) is 24.9 Å². The van der Waals surface area contributed by atoms with Crippen LogP contribution in [0.25, 0.3) is 0 Å². The van der Waals surface area contributed by atoms with Crippen molar-refractivity contribution >= 4 is 11.6 Å². The number of aromatic nitrogens is 2. The number of rotatable bonds is 8. The van der Waals surface area contributed by atoms with Gasteiger partial charge in [-0.15, -0.1) is 0 Å². The van der Waals surface area contributed by atoms with E-state index < -0.39 is 0 Å². The highest BCUT2D eigenvalue weighted by Crippen LogP contribution is 2.36. The topological polar surface area (TPSA) is 88.3 Å². The summed E-state index contributed by atoms with van der Waals surface area (Å²) in [5, 5.41) is 3.42. The Balaban J connectivity index is 2.04. The first-order chi connectivity index (χ1) is 10.1. The second-order valence-electron chi connectivity index (χ2n) is 5.66. The molecule has 1 aliphatic carbocycles. The molecule has 118 valence electrons. The van der Waals surface area contributed by atoms with E-state index >= 15 is 0 Å². The number of hydrogen-bond donors (Lipinski definition) is 3. The van der Waals surface area contributed by atoms with E-state index in [1.54, 1.807) is 0 Å². The van der Waals surface area contributed by atoms with E-state index in [2.05, 4.69) is 39.7 Å². The summed E-state index contributed by atoms with van der Waals surface area (Å²) >= 11 is 0. The number of nitrogens with zero attached hydrogens (tertiary/aromatic N) is 3. The number of likely N-dealkylation sites (N-methyl/N-ethyl adjacent to an activating group) is 1. The third-order valence-corrected chi connectivity index (χ3v) is 4.19. The van der Waals surface area contributed by atoms with Gasteiger partial charge in [0.15, 0.2) is 5.82 Å². The first kappa shape index (κ1) is 15.9. The number of anilines is 2. The Morgan fingerprint density at radius 2 is 2.05 bits per heavy atom. The van der Waals surface area contributed by atoms with Gasteiger partial charge in [-0.2, -0.15) is 0 Å². The number of hydrogen-bond acceptors (Lipinski definition) is 7. The Bertz CT molecular complexity index is 461. The molecule has 1 fully saturated rings. The predicted octanol–water partition coefficient (Wildman–Crippen LogP) is 1.19. The summed E-state index contributed by atoms with van der Waals surface area (Å²) in [6.45, 7) is 3.84. The molecule has 0 aromatic carbocycles.